The number of nitrogens with zero attached hydrogens (tertiary/aromatic N) is 2. The molecule has 156 valence electrons. The minimum absolute atomic E-state index is 0.119. The number of ether oxygens (including phenoxy) is 1. The first-order valence-electron chi connectivity index (χ1n) is 9.45. The molecule has 0 bridgehead atoms. The number of amides is 1. The summed E-state index contributed by atoms with van der Waals surface area (Å²) in [6, 6.07) is 18.1. The number of methoxy groups -OCH3 is 1. The van der Waals surface area contributed by atoms with Crippen molar-refractivity contribution in [2.45, 2.75) is 19.6 Å². The van der Waals surface area contributed by atoms with E-state index in [1.807, 2.05) is 43.3 Å². The number of hydrogen-bond acceptors (Lipinski definition) is 4. The van der Waals surface area contributed by atoms with Gasteiger partial charge in [0.1, 0.15) is 5.75 Å². The van der Waals surface area contributed by atoms with Crippen LogP contribution in [-0.4, -0.2) is 29.6 Å². The summed E-state index contributed by atoms with van der Waals surface area (Å²) >= 11 is 5.02. The van der Waals surface area contributed by atoms with Crippen molar-refractivity contribution in [3.8, 4) is 11.4 Å². The number of rotatable bonds is 8. The highest BCUT2D eigenvalue weighted by Crippen LogP contribution is 2.21. The molecule has 0 saturated carbocycles. The van der Waals surface area contributed by atoms with Crippen LogP contribution in [0.3, 0.4) is 0 Å². The third kappa shape index (κ3) is 5.77. The smallest absolute Gasteiger partial charge is 0.250 e. The Bertz CT molecular complexity index is 1030. The van der Waals surface area contributed by atoms with Gasteiger partial charge in [-0.25, -0.2) is 5.43 Å². The van der Waals surface area contributed by atoms with Crippen LogP contribution >= 0.6 is 27.7 Å². The Morgan fingerprint density at radius 1 is 1.17 bits per heavy atom. The molecule has 3 aromatic rings. The van der Waals surface area contributed by atoms with Gasteiger partial charge in [0.25, 0.3) is 0 Å². The summed E-state index contributed by atoms with van der Waals surface area (Å²) in [5, 5.41) is 4.14. The fourth-order valence-electron chi connectivity index (χ4n) is 3.10. The van der Waals surface area contributed by atoms with E-state index in [1.165, 1.54) is 0 Å². The van der Waals surface area contributed by atoms with Crippen LogP contribution in [0, 0.1) is 13.8 Å². The number of nitrogens with one attached hydrogen (secondary N) is 1. The quantitative estimate of drug-likeness (QED) is 0.350. The molecule has 0 spiro atoms. The van der Waals surface area contributed by atoms with Crippen LogP contribution in [0.15, 0.2) is 64.2 Å². The molecule has 0 saturated heterocycles. The minimum Gasteiger partial charge on any atom is -0.497 e. The Balaban J connectivity index is 1.52. The summed E-state index contributed by atoms with van der Waals surface area (Å²) in [6.45, 7) is 4.10. The third-order valence-corrected chi connectivity index (χ3v) is 6.14. The molecule has 30 heavy (non-hydrogen) atoms. The van der Waals surface area contributed by atoms with E-state index in [-0.39, 0.29) is 5.91 Å². The normalized spacial score (nSPS) is 11.1. The van der Waals surface area contributed by atoms with Crippen LogP contribution in [0.4, 0.5) is 0 Å². The van der Waals surface area contributed by atoms with Gasteiger partial charge in [-0.05, 0) is 61.9 Å². The largest absolute Gasteiger partial charge is 0.497 e. The number of hydrazone groups is 1. The lowest BCUT2D eigenvalue weighted by Crippen LogP contribution is -2.19. The van der Waals surface area contributed by atoms with Crippen molar-refractivity contribution >= 4 is 39.8 Å². The summed E-state index contributed by atoms with van der Waals surface area (Å²) in [6.07, 6.45) is 1.70. The Labute approximate surface area is 189 Å². The van der Waals surface area contributed by atoms with Crippen molar-refractivity contribution in [1.29, 1.82) is 0 Å². The lowest BCUT2D eigenvalue weighted by atomic mass is 10.2. The highest BCUT2D eigenvalue weighted by molar-refractivity contribution is 9.10. The number of benzene rings is 2. The Kier molecular flexibility index (Phi) is 7.76. The zero-order chi connectivity index (χ0) is 21.5. The molecule has 1 N–H and O–H groups in total. The average molecular weight is 486 g/mol. The zero-order valence-corrected chi connectivity index (χ0v) is 19.6. The molecule has 0 aliphatic rings. The maximum absolute atomic E-state index is 12.1. The van der Waals surface area contributed by atoms with Crippen molar-refractivity contribution in [1.82, 2.24) is 9.99 Å². The fraction of sp³-hybridized carbons (Fsp3) is 0.217. The molecule has 3 rings (SSSR count). The topological polar surface area (TPSA) is 55.6 Å². The van der Waals surface area contributed by atoms with Gasteiger partial charge in [-0.1, -0.05) is 28.1 Å². The molecule has 0 aliphatic carbocycles. The highest BCUT2D eigenvalue weighted by Gasteiger charge is 2.09. The van der Waals surface area contributed by atoms with E-state index in [1.54, 1.807) is 25.1 Å². The predicted molar refractivity (Wildman–Crippen MR) is 128 cm³/mol. The van der Waals surface area contributed by atoms with E-state index in [4.69, 9.17) is 4.74 Å². The molecule has 0 atom stereocenters. The maximum atomic E-state index is 12.1. The Morgan fingerprint density at radius 2 is 1.87 bits per heavy atom. The van der Waals surface area contributed by atoms with Gasteiger partial charge in [0.2, 0.25) is 5.91 Å². The Morgan fingerprint density at radius 3 is 2.53 bits per heavy atom. The number of carbonyl (C=O) groups excluding carboxylic acids is 1. The van der Waals surface area contributed by atoms with Crippen molar-refractivity contribution < 1.29 is 9.53 Å². The molecule has 1 amide bonds. The predicted octanol–water partition coefficient (Wildman–Crippen LogP) is 5.25. The second kappa shape index (κ2) is 10.5. The van der Waals surface area contributed by atoms with Gasteiger partial charge in [0.15, 0.2) is 0 Å². The number of aromatic nitrogens is 1. The van der Waals surface area contributed by atoms with Crippen molar-refractivity contribution in [2.75, 3.05) is 12.9 Å². The summed E-state index contributed by atoms with van der Waals surface area (Å²) in [4.78, 5) is 12.1. The summed E-state index contributed by atoms with van der Waals surface area (Å²) in [7, 11) is 1.65. The molecule has 1 heterocycles. The van der Waals surface area contributed by atoms with Crippen LogP contribution in [0.1, 0.15) is 22.5 Å². The molecule has 5 nitrogen and oxygen atoms in total. The van der Waals surface area contributed by atoms with E-state index in [0.717, 1.165) is 44.2 Å². The molecule has 1 aromatic heterocycles. The summed E-state index contributed by atoms with van der Waals surface area (Å²) < 4.78 is 8.36. The first kappa shape index (κ1) is 22.2. The van der Waals surface area contributed by atoms with Crippen molar-refractivity contribution in [3.05, 3.63) is 81.6 Å². The van der Waals surface area contributed by atoms with Gasteiger partial charge >= 0.3 is 0 Å². The number of carbonyl (C=O) groups is 1. The Hall–Kier alpha value is -2.51. The molecule has 0 unspecified atom stereocenters. The molecular weight excluding hydrogens is 462 g/mol. The van der Waals surface area contributed by atoms with Gasteiger partial charge < -0.3 is 9.30 Å². The van der Waals surface area contributed by atoms with Crippen LogP contribution in [-0.2, 0) is 10.5 Å². The van der Waals surface area contributed by atoms with E-state index in [9.17, 15) is 4.79 Å². The lowest BCUT2D eigenvalue weighted by molar-refractivity contribution is -0.118. The number of halogens is 1. The molecule has 0 fully saturated rings. The zero-order valence-electron chi connectivity index (χ0n) is 17.2. The van der Waals surface area contributed by atoms with Crippen LogP contribution in [0.5, 0.6) is 5.75 Å². The van der Waals surface area contributed by atoms with Gasteiger partial charge in [-0.2, -0.15) is 5.10 Å². The summed E-state index contributed by atoms with van der Waals surface area (Å²) in [5.41, 5.74) is 8.01. The minimum atomic E-state index is -0.119. The van der Waals surface area contributed by atoms with Gasteiger partial charge in [-0.3, -0.25) is 4.79 Å². The number of aryl methyl sites for hydroxylation is 1. The lowest BCUT2D eigenvalue weighted by Gasteiger charge is -2.09. The average Bonchev–Trinajstić information content (AvgIpc) is 3.02. The molecular formula is C23H24BrN3O2S. The van der Waals surface area contributed by atoms with Gasteiger partial charge in [0, 0.05) is 32.9 Å². The van der Waals surface area contributed by atoms with Crippen LogP contribution in [0.2, 0.25) is 0 Å². The van der Waals surface area contributed by atoms with Crippen molar-refractivity contribution in [2.24, 2.45) is 5.10 Å². The second-order valence-electron chi connectivity index (χ2n) is 6.77. The number of thioether (sulfide) groups is 1. The fourth-order valence-corrected chi connectivity index (χ4v) is 4.14. The van der Waals surface area contributed by atoms with Crippen molar-refractivity contribution in [3.63, 3.8) is 0 Å². The first-order chi connectivity index (χ1) is 14.5. The second-order valence-corrected chi connectivity index (χ2v) is 8.67. The van der Waals surface area contributed by atoms with Gasteiger partial charge in [-0.15, -0.1) is 11.8 Å². The van der Waals surface area contributed by atoms with Crippen LogP contribution in [0.25, 0.3) is 5.69 Å². The molecule has 2 aromatic carbocycles. The molecule has 7 heteroatoms. The van der Waals surface area contributed by atoms with Gasteiger partial charge in [0.05, 0.1) is 19.1 Å². The summed E-state index contributed by atoms with van der Waals surface area (Å²) in [5.74, 6) is 1.82. The molecule has 0 radical (unpaired) electrons. The van der Waals surface area contributed by atoms with E-state index >= 15 is 0 Å². The maximum Gasteiger partial charge on any atom is 0.250 e. The monoisotopic (exact) mass is 485 g/mol. The third-order valence-electron chi connectivity index (χ3n) is 4.61. The number of hydrogen-bond donors (Lipinski definition) is 1. The van der Waals surface area contributed by atoms with E-state index in [0.29, 0.717) is 5.75 Å². The van der Waals surface area contributed by atoms with E-state index < -0.39 is 0 Å². The molecule has 0 aliphatic heterocycles. The standard InChI is InChI=1S/C23H24BrN3O2S/c1-16-12-19(17(2)27(16)21-8-6-20(24)7-9-21)13-25-26-23(28)15-30-14-18-4-10-22(29-3)11-5-18/h4-13H,14-15H2,1-3H3,(H,26,28)/b25-13-. The van der Waals surface area contributed by atoms with E-state index in [2.05, 4.69) is 56.1 Å². The van der Waals surface area contributed by atoms with Crippen LogP contribution < -0.4 is 10.2 Å². The SMILES string of the molecule is COc1ccc(CSCC(=O)N/N=C\c2cc(C)n(-c3ccc(Br)cc3)c2C)cc1. The first-order valence-corrected chi connectivity index (χ1v) is 11.4. The highest BCUT2D eigenvalue weighted by atomic mass is 79.9.